The van der Waals surface area contributed by atoms with Gasteiger partial charge in [-0.3, -0.25) is 0 Å². The predicted molar refractivity (Wildman–Crippen MR) is 123 cm³/mol. The molecule has 2 atom stereocenters. The Morgan fingerprint density at radius 2 is 1.96 bits per heavy atom. The minimum Gasteiger partial charge on any atom is -0.383 e. The van der Waals surface area contributed by atoms with Gasteiger partial charge in [0.15, 0.2) is 0 Å². The van der Waals surface area contributed by atoms with Crippen LogP contribution in [0, 0.1) is 11.8 Å². The third-order valence-corrected chi connectivity index (χ3v) is 5.81. The average Bonchev–Trinajstić information content (AvgIpc) is 2.89. The second-order valence-electron chi connectivity index (χ2n) is 7.35. The smallest absolute Gasteiger partial charge is 0.0582 e. The Balaban J connectivity index is 0.00000136. The van der Waals surface area contributed by atoms with Crippen LogP contribution in [0.1, 0.15) is 32.6 Å². The number of piperidine rings is 1. The van der Waals surface area contributed by atoms with Gasteiger partial charge < -0.3 is 16.4 Å². The molecule has 0 aromatic rings. The Hall–Kier alpha value is -2.10. The third kappa shape index (κ3) is 5.03. The van der Waals surface area contributed by atoms with Crippen molar-refractivity contribution in [2.45, 2.75) is 38.6 Å². The molecule has 3 aliphatic rings. The molecule has 2 heterocycles. The molecule has 152 valence electrons. The molecule has 3 heteroatoms. The van der Waals surface area contributed by atoms with Gasteiger partial charge in [0.25, 0.3) is 0 Å². The molecule has 1 saturated heterocycles. The number of rotatable bonds is 6. The Morgan fingerprint density at radius 1 is 1.21 bits per heavy atom. The van der Waals surface area contributed by atoms with E-state index in [4.69, 9.17) is 0 Å². The van der Waals surface area contributed by atoms with Crippen LogP contribution in [0.2, 0.25) is 0 Å². The van der Waals surface area contributed by atoms with E-state index in [2.05, 4.69) is 73.0 Å². The van der Waals surface area contributed by atoms with Crippen molar-refractivity contribution in [1.29, 1.82) is 0 Å². The minimum absolute atomic E-state index is 0.336. The van der Waals surface area contributed by atoms with Crippen molar-refractivity contribution in [3.63, 3.8) is 0 Å². The number of dihydropyridines is 1. The first-order valence-corrected chi connectivity index (χ1v) is 10.5. The van der Waals surface area contributed by atoms with E-state index in [1.165, 1.54) is 42.2 Å². The number of nitrogens with two attached hydrogens (primary N) is 1. The van der Waals surface area contributed by atoms with Crippen molar-refractivity contribution in [1.82, 2.24) is 10.6 Å². The molecule has 3 nitrogen and oxygen atoms in total. The molecule has 4 N–H and O–H groups in total. The molecule has 2 unspecified atom stereocenters. The van der Waals surface area contributed by atoms with E-state index in [1.807, 2.05) is 12.2 Å². The summed E-state index contributed by atoms with van der Waals surface area (Å²) in [7, 11) is 1.50. The Bertz CT molecular complexity index is 685. The van der Waals surface area contributed by atoms with Gasteiger partial charge in [-0.1, -0.05) is 43.0 Å². The van der Waals surface area contributed by atoms with E-state index in [-0.39, 0.29) is 0 Å². The highest BCUT2D eigenvalue weighted by Gasteiger charge is 2.37. The fraction of sp³-hybridized carbons (Fsp3) is 0.440. The average molecular weight is 380 g/mol. The van der Waals surface area contributed by atoms with Gasteiger partial charge in [-0.05, 0) is 93.2 Å². The molecule has 28 heavy (non-hydrogen) atoms. The molecule has 0 spiro atoms. The first-order valence-electron chi connectivity index (χ1n) is 10.5. The topological polar surface area (TPSA) is 50.1 Å². The number of fused-ring (bicyclic) bond motifs is 1. The monoisotopic (exact) mass is 379 g/mol. The van der Waals surface area contributed by atoms with E-state index < -0.39 is 0 Å². The summed E-state index contributed by atoms with van der Waals surface area (Å²) in [6.07, 6.45) is 22.0. The second-order valence-corrected chi connectivity index (χ2v) is 7.35. The van der Waals surface area contributed by atoms with Crippen LogP contribution < -0.4 is 16.4 Å². The van der Waals surface area contributed by atoms with E-state index in [9.17, 15) is 0 Å². The van der Waals surface area contributed by atoms with Crippen LogP contribution in [-0.4, -0.2) is 26.2 Å². The van der Waals surface area contributed by atoms with E-state index in [0.717, 1.165) is 25.9 Å². The molecule has 2 aliphatic heterocycles. The van der Waals surface area contributed by atoms with Gasteiger partial charge in [-0.25, -0.2) is 0 Å². The van der Waals surface area contributed by atoms with E-state index >= 15 is 0 Å². The summed E-state index contributed by atoms with van der Waals surface area (Å²) < 4.78 is 0. The van der Waals surface area contributed by atoms with Crippen molar-refractivity contribution in [2.24, 2.45) is 17.6 Å². The summed E-state index contributed by atoms with van der Waals surface area (Å²) in [6.45, 7) is 12.4. The molecule has 0 bridgehead atoms. The van der Waals surface area contributed by atoms with Crippen molar-refractivity contribution in [2.75, 3.05) is 20.1 Å². The standard InChI is InChI=1S/C24H32N2.CH5N/c1-4-7-10-20-17-18(6-3)21(9-5-2)23(19-12-15-25-16-13-19)24-22(20)11-8-14-26-24;1-2/h4-6,8-9,11,14,17,19,23-26H,1,3,7,10,12-13,15-16H2,2H3;2H2,1H3/b9-5-;. The highest BCUT2D eigenvalue weighted by Crippen LogP contribution is 2.42. The Kier molecular flexibility index (Phi) is 9.26. The molecular formula is C25H37N3. The quantitative estimate of drug-likeness (QED) is 0.593. The maximum absolute atomic E-state index is 4.50. The lowest BCUT2D eigenvalue weighted by molar-refractivity contribution is 0.261. The SMILES string of the molecule is C=CCCC1=CC(C=C)=C(/C=C\C)C(C2CCNCC2)C2NC=CC=C12.CN. The number of hydrogen-bond acceptors (Lipinski definition) is 3. The van der Waals surface area contributed by atoms with E-state index in [0.29, 0.717) is 17.9 Å². The molecular weight excluding hydrogens is 342 g/mol. The van der Waals surface area contributed by atoms with Gasteiger partial charge in [0.05, 0.1) is 6.04 Å². The maximum atomic E-state index is 4.50. The van der Waals surface area contributed by atoms with Crippen molar-refractivity contribution >= 4 is 0 Å². The highest BCUT2D eigenvalue weighted by atomic mass is 14.9. The lowest BCUT2D eigenvalue weighted by Crippen LogP contribution is -2.44. The second kappa shape index (κ2) is 11.7. The highest BCUT2D eigenvalue weighted by molar-refractivity contribution is 5.54. The summed E-state index contributed by atoms with van der Waals surface area (Å²) in [4.78, 5) is 0. The van der Waals surface area contributed by atoms with Crippen LogP contribution >= 0.6 is 0 Å². The van der Waals surface area contributed by atoms with Gasteiger partial charge >= 0.3 is 0 Å². The zero-order chi connectivity index (χ0) is 20.4. The minimum atomic E-state index is 0.336. The van der Waals surface area contributed by atoms with Crippen LogP contribution in [0.15, 0.2) is 84.2 Å². The maximum Gasteiger partial charge on any atom is 0.0582 e. The molecule has 0 radical (unpaired) electrons. The van der Waals surface area contributed by atoms with Crippen molar-refractivity contribution in [3.8, 4) is 0 Å². The molecule has 0 aromatic carbocycles. The fourth-order valence-electron chi connectivity index (χ4n) is 4.60. The Morgan fingerprint density at radius 3 is 2.61 bits per heavy atom. The van der Waals surface area contributed by atoms with Crippen LogP contribution in [0.4, 0.5) is 0 Å². The van der Waals surface area contributed by atoms with Gasteiger partial charge in [0, 0.05) is 5.92 Å². The van der Waals surface area contributed by atoms with Crippen molar-refractivity contribution < 1.29 is 0 Å². The first-order chi connectivity index (χ1) is 13.8. The number of hydrogen-bond donors (Lipinski definition) is 3. The lowest BCUT2D eigenvalue weighted by Gasteiger charge is -2.39. The number of nitrogens with one attached hydrogen (secondary N) is 2. The van der Waals surface area contributed by atoms with Crippen LogP contribution in [-0.2, 0) is 0 Å². The first kappa shape index (κ1) is 22.2. The summed E-state index contributed by atoms with van der Waals surface area (Å²) in [5.74, 6) is 1.15. The summed E-state index contributed by atoms with van der Waals surface area (Å²) in [5.41, 5.74) is 10.1. The zero-order valence-electron chi connectivity index (χ0n) is 17.6. The summed E-state index contributed by atoms with van der Waals surface area (Å²) in [5, 5.41) is 7.23. The Labute approximate surface area is 171 Å². The molecule has 1 aliphatic carbocycles. The van der Waals surface area contributed by atoms with Gasteiger partial charge in [-0.15, -0.1) is 6.58 Å². The number of allylic oxidation sites excluding steroid dienone is 8. The van der Waals surface area contributed by atoms with Crippen molar-refractivity contribution in [3.05, 3.63) is 84.2 Å². The largest absolute Gasteiger partial charge is 0.383 e. The molecule has 0 amide bonds. The summed E-state index contributed by atoms with van der Waals surface area (Å²) >= 11 is 0. The molecule has 0 aromatic heterocycles. The van der Waals surface area contributed by atoms with Crippen LogP contribution in [0.25, 0.3) is 0 Å². The van der Waals surface area contributed by atoms with Gasteiger partial charge in [0.2, 0.25) is 0 Å². The molecule has 1 fully saturated rings. The van der Waals surface area contributed by atoms with Gasteiger partial charge in [0.1, 0.15) is 0 Å². The molecule has 3 rings (SSSR count). The normalized spacial score (nSPS) is 25.0. The van der Waals surface area contributed by atoms with Crippen LogP contribution in [0.3, 0.4) is 0 Å². The third-order valence-electron chi connectivity index (χ3n) is 5.81. The lowest BCUT2D eigenvalue weighted by atomic mass is 9.72. The zero-order valence-corrected chi connectivity index (χ0v) is 17.6. The molecule has 0 saturated carbocycles. The predicted octanol–water partition coefficient (Wildman–Crippen LogP) is 4.55. The van der Waals surface area contributed by atoms with Gasteiger partial charge in [-0.2, -0.15) is 0 Å². The van der Waals surface area contributed by atoms with E-state index in [1.54, 1.807) is 0 Å². The fourth-order valence-corrected chi connectivity index (χ4v) is 4.60. The summed E-state index contributed by atoms with van der Waals surface area (Å²) in [6, 6.07) is 0.336. The van der Waals surface area contributed by atoms with Crippen LogP contribution in [0.5, 0.6) is 0 Å².